The van der Waals surface area contributed by atoms with Gasteiger partial charge < -0.3 is 14.4 Å². The molecule has 6 nitrogen and oxygen atoms in total. The lowest BCUT2D eigenvalue weighted by molar-refractivity contribution is 0.174. The van der Waals surface area contributed by atoms with Crippen LogP contribution in [-0.4, -0.2) is 40.8 Å². The summed E-state index contributed by atoms with van der Waals surface area (Å²) in [5.74, 6) is 1.39. The van der Waals surface area contributed by atoms with Crippen LogP contribution in [0.25, 0.3) is 0 Å². The molecule has 128 valence electrons. The van der Waals surface area contributed by atoms with E-state index in [4.69, 9.17) is 9.47 Å². The normalized spacial score (nSPS) is 14.8. The summed E-state index contributed by atoms with van der Waals surface area (Å²) in [5, 5.41) is 0. The summed E-state index contributed by atoms with van der Waals surface area (Å²) in [5.41, 5.74) is 0.958. The molecule has 0 saturated carbocycles. The van der Waals surface area contributed by atoms with Crippen LogP contribution in [0.3, 0.4) is 0 Å². The smallest absolute Gasteiger partial charge is 0.240 e. The molecule has 0 saturated heterocycles. The molecule has 1 heterocycles. The van der Waals surface area contributed by atoms with E-state index >= 15 is 0 Å². The minimum atomic E-state index is -3.54. The Morgan fingerprint density at radius 3 is 2.50 bits per heavy atom. The van der Waals surface area contributed by atoms with E-state index in [2.05, 4.69) is 4.72 Å². The van der Waals surface area contributed by atoms with Crippen molar-refractivity contribution in [3.8, 4) is 11.5 Å². The van der Waals surface area contributed by atoms with Crippen LogP contribution in [0, 0.1) is 0 Å². The molecule has 1 aliphatic rings. The Bertz CT molecular complexity index is 807. The van der Waals surface area contributed by atoms with Crippen molar-refractivity contribution in [2.24, 2.45) is 0 Å². The molecular formula is C17H20N2O4S. The number of rotatable bonds is 6. The molecule has 0 radical (unpaired) electrons. The first-order valence-electron chi connectivity index (χ1n) is 7.58. The lowest BCUT2D eigenvalue weighted by atomic mass is 10.1. The number of benzene rings is 2. The second-order valence-electron chi connectivity index (χ2n) is 5.76. The predicted molar refractivity (Wildman–Crippen MR) is 90.6 cm³/mol. The fourth-order valence-electron chi connectivity index (χ4n) is 2.59. The molecule has 0 amide bonds. The quantitative estimate of drug-likeness (QED) is 0.865. The fraction of sp³-hybridized carbons (Fsp3) is 0.294. The average molecular weight is 348 g/mol. The molecule has 24 heavy (non-hydrogen) atoms. The molecule has 0 aromatic heterocycles. The van der Waals surface area contributed by atoms with Crippen molar-refractivity contribution in [2.45, 2.75) is 10.9 Å². The molecule has 1 atom stereocenters. The highest BCUT2D eigenvalue weighted by molar-refractivity contribution is 7.89. The largest absolute Gasteiger partial charge is 0.454 e. The summed E-state index contributed by atoms with van der Waals surface area (Å²) in [6.45, 7) is 0.468. The standard InChI is InChI=1S/C17H20N2O4S/c1-19(2)15(13-8-9-16-17(10-13)23-12-22-16)11-18-24(20,21)14-6-4-3-5-7-14/h3-10,15,18H,11-12H2,1-2H3/t15-/m0/s1. The third-order valence-corrected chi connectivity index (χ3v) is 5.36. The van der Waals surface area contributed by atoms with Crippen molar-refractivity contribution in [1.82, 2.24) is 9.62 Å². The minimum absolute atomic E-state index is 0.127. The molecule has 1 N–H and O–H groups in total. The molecule has 0 spiro atoms. The Morgan fingerprint density at radius 2 is 1.79 bits per heavy atom. The predicted octanol–water partition coefficient (Wildman–Crippen LogP) is 2.00. The number of likely N-dealkylation sites (N-methyl/N-ethyl adjacent to an activating group) is 1. The molecule has 0 aliphatic carbocycles. The number of hydrogen-bond acceptors (Lipinski definition) is 5. The van der Waals surface area contributed by atoms with E-state index in [1.165, 1.54) is 0 Å². The zero-order valence-electron chi connectivity index (χ0n) is 13.6. The van der Waals surface area contributed by atoms with Crippen LogP contribution in [-0.2, 0) is 10.0 Å². The maximum atomic E-state index is 12.4. The maximum absolute atomic E-state index is 12.4. The zero-order chi connectivity index (χ0) is 17.2. The summed E-state index contributed by atoms with van der Waals surface area (Å²) in [4.78, 5) is 2.22. The topological polar surface area (TPSA) is 67.9 Å². The van der Waals surface area contributed by atoms with Gasteiger partial charge in [-0.25, -0.2) is 13.1 Å². The first kappa shape index (κ1) is 16.8. The highest BCUT2D eigenvalue weighted by Gasteiger charge is 2.22. The molecule has 1 aliphatic heterocycles. The van der Waals surface area contributed by atoms with Gasteiger partial charge in [0, 0.05) is 12.6 Å². The first-order chi connectivity index (χ1) is 11.5. The summed E-state index contributed by atoms with van der Waals surface area (Å²) < 4.78 is 38.2. The van der Waals surface area contributed by atoms with Gasteiger partial charge in [0.15, 0.2) is 11.5 Å². The van der Waals surface area contributed by atoms with Crippen LogP contribution in [0.4, 0.5) is 0 Å². The van der Waals surface area contributed by atoms with Crippen molar-refractivity contribution >= 4 is 10.0 Å². The van der Waals surface area contributed by atoms with Crippen LogP contribution in [0.15, 0.2) is 53.4 Å². The Kier molecular flexibility index (Phi) is 4.75. The van der Waals surface area contributed by atoms with Gasteiger partial charge in [-0.3, -0.25) is 0 Å². The van der Waals surface area contributed by atoms with E-state index in [0.717, 1.165) is 5.56 Å². The van der Waals surface area contributed by atoms with E-state index in [9.17, 15) is 8.42 Å². The Hall–Kier alpha value is -2.09. The van der Waals surface area contributed by atoms with Gasteiger partial charge in [0.25, 0.3) is 0 Å². The highest BCUT2D eigenvalue weighted by Crippen LogP contribution is 2.35. The third-order valence-electron chi connectivity index (χ3n) is 3.92. The van der Waals surface area contributed by atoms with E-state index in [1.807, 2.05) is 37.2 Å². The number of nitrogens with one attached hydrogen (secondary N) is 1. The van der Waals surface area contributed by atoms with Gasteiger partial charge in [-0.05, 0) is 43.9 Å². The number of sulfonamides is 1. The number of nitrogens with zero attached hydrogens (tertiary/aromatic N) is 1. The van der Waals surface area contributed by atoms with Crippen LogP contribution in [0.2, 0.25) is 0 Å². The highest BCUT2D eigenvalue weighted by atomic mass is 32.2. The summed E-state index contributed by atoms with van der Waals surface area (Å²) in [7, 11) is 0.277. The van der Waals surface area contributed by atoms with Crippen molar-refractivity contribution in [1.29, 1.82) is 0 Å². The van der Waals surface area contributed by atoms with Gasteiger partial charge in [-0.1, -0.05) is 24.3 Å². The molecule has 2 aromatic rings. The third kappa shape index (κ3) is 3.53. The zero-order valence-corrected chi connectivity index (χ0v) is 14.4. The van der Waals surface area contributed by atoms with Crippen LogP contribution in [0.1, 0.15) is 11.6 Å². The lowest BCUT2D eigenvalue weighted by Gasteiger charge is -2.25. The summed E-state index contributed by atoms with van der Waals surface area (Å²) in [6.07, 6.45) is 0. The van der Waals surface area contributed by atoms with Crippen LogP contribution < -0.4 is 14.2 Å². The molecule has 2 aromatic carbocycles. The monoisotopic (exact) mass is 348 g/mol. The molecular weight excluding hydrogens is 328 g/mol. The van der Waals surface area contributed by atoms with Gasteiger partial charge in [-0.2, -0.15) is 0 Å². The van der Waals surface area contributed by atoms with E-state index < -0.39 is 10.0 Å². The molecule has 0 unspecified atom stereocenters. The number of fused-ring (bicyclic) bond motifs is 1. The van der Waals surface area contributed by atoms with Gasteiger partial charge in [0.2, 0.25) is 16.8 Å². The van der Waals surface area contributed by atoms with Gasteiger partial charge in [0.1, 0.15) is 0 Å². The molecule has 3 rings (SSSR count). The van der Waals surface area contributed by atoms with E-state index in [1.54, 1.807) is 30.3 Å². The summed E-state index contributed by atoms with van der Waals surface area (Å²) >= 11 is 0. The molecule has 7 heteroatoms. The Balaban J connectivity index is 1.78. The van der Waals surface area contributed by atoms with Gasteiger partial charge >= 0.3 is 0 Å². The van der Waals surface area contributed by atoms with Gasteiger partial charge in [-0.15, -0.1) is 0 Å². The summed E-state index contributed by atoms with van der Waals surface area (Å²) in [6, 6.07) is 13.9. The Labute approximate surface area is 142 Å². The van der Waals surface area contributed by atoms with E-state index in [0.29, 0.717) is 11.5 Å². The van der Waals surface area contributed by atoms with Crippen LogP contribution >= 0.6 is 0 Å². The van der Waals surface area contributed by atoms with Crippen molar-refractivity contribution < 1.29 is 17.9 Å². The van der Waals surface area contributed by atoms with E-state index in [-0.39, 0.29) is 24.3 Å². The average Bonchev–Trinajstić information content (AvgIpc) is 3.03. The minimum Gasteiger partial charge on any atom is -0.454 e. The fourth-order valence-corrected chi connectivity index (χ4v) is 3.65. The second-order valence-corrected chi connectivity index (χ2v) is 7.52. The molecule has 0 fully saturated rings. The first-order valence-corrected chi connectivity index (χ1v) is 9.06. The van der Waals surface area contributed by atoms with Crippen LogP contribution in [0.5, 0.6) is 11.5 Å². The second kappa shape index (κ2) is 6.80. The number of ether oxygens (including phenoxy) is 2. The van der Waals surface area contributed by atoms with Gasteiger partial charge in [0.05, 0.1) is 4.90 Å². The number of hydrogen-bond donors (Lipinski definition) is 1. The van der Waals surface area contributed by atoms with Crippen molar-refractivity contribution in [2.75, 3.05) is 27.4 Å². The van der Waals surface area contributed by atoms with Crippen molar-refractivity contribution in [3.63, 3.8) is 0 Å². The lowest BCUT2D eigenvalue weighted by Crippen LogP contribution is -2.34. The van der Waals surface area contributed by atoms with Crippen molar-refractivity contribution in [3.05, 3.63) is 54.1 Å². The Morgan fingerprint density at radius 1 is 1.08 bits per heavy atom. The molecule has 0 bridgehead atoms. The maximum Gasteiger partial charge on any atom is 0.240 e. The SMILES string of the molecule is CN(C)[C@@H](CNS(=O)(=O)c1ccccc1)c1ccc2c(c1)OCO2.